The number of halogens is 1. The van der Waals surface area contributed by atoms with Crippen molar-refractivity contribution in [1.29, 1.82) is 0 Å². The molecule has 1 N–H and O–H groups in total. The van der Waals surface area contributed by atoms with Crippen molar-refractivity contribution >= 4 is 17.4 Å². The van der Waals surface area contributed by atoms with Crippen LogP contribution in [0, 0.1) is 5.92 Å². The molecule has 2 unspecified atom stereocenters. The van der Waals surface area contributed by atoms with Crippen LogP contribution >= 0.6 is 11.6 Å². The van der Waals surface area contributed by atoms with Crippen LogP contribution < -0.4 is 10.1 Å². The van der Waals surface area contributed by atoms with Gasteiger partial charge in [-0.05, 0) is 38.1 Å². The lowest BCUT2D eigenvalue weighted by molar-refractivity contribution is 0.0913. The van der Waals surface area contributed by atoms with Crippen molar-refractivity contribution in [2.75, 3.05) is 13.7 Å². The van der Waals surface area contributed by atoms with E-state index < -0.39 is 0 Å². The van der Waals surface area contributed by atoms with Crippen LogP contribution in [-0.4, -0.2) is 25.5 Å². The standard InChI is InChI=1S/C13H16ClNO2/c1-8-10(5-6-15-8)13(16)9-3-4-11(14)12(7-9)17-2/h3-4,7-8,10,15H,5-6H2,1-2H3. The number of carbonyl (C=O) groups excluding carboxylic acids is 1. The van der Waals surface area contributed by atoms with Crippen molar-refractivity contribution < 1.29 is 9.53 Å². The van der Waals surface area contributed by atoms with Gasteiger partial charge in [-0.25, -0.2) is 0 Å². The zero-order valence-corrected chi connectivity index (χ0v) is 10.8. The Labute approximate surface area is 106 Å². The van der Waals surface area contributed by atoms with Crippen molar-refractivity contribution in [2.45, 2.75) is 19.4 Å². The molecule has 0 bridgehead atoms. The highest BCUT2D eigenvalue weighted by molar-refractivity contribution is 6.32. The molecule has 1 aliphatic heterocycles. The van der Waals surface area contributed by atoms with Crippen LogP contribution in [-0.2, 0) is 0 Å². The van der Waals surface area contributed by atoms with E-state index in [0.29, 0.717) is 16.3 Å². The summed E-state index contributed by atoms with van der Waals surface area (Å²) in [7, 11) is 1.55. The second-order valence-corrected chi connectivity index (χ2v) is 4.76. The quantitative estimate of drug-likeness (QED) is 0.842. The molecule has 0 radical (unpaired) electrons. The molecular formula is C13H16ClNO2. The number of ketones is 1. The monoisotopic (exact) mass is 253 g/mol. The van der Waals surface area contributed by atoms with Gasteiger partial charge in [-0.3, -0.25) is 4.79 Å². The summed E-state index contributed by atoms with van der Waals surface area (Å²) < 4.78 is 5.13. The third kappa shape index (κ3) is 2.45. The van der Waals surface area contributed by atoms with Crippen molar-refractivity contribution in [2.24, 2.45) is 5.92 Å². The second kappa shape index (κ2) is 5.07. The van der Waals surface area contributed by atoms with Gasteiger partial charge in [0.2, 0.25) is 0 Å². The van der Waals surface area contributed by atoms with Crippen molar-refractivity contribution in [3.63, 3.8) is 0 Å². The van der Waals surface area contributed by atoms with Gasteiger partial charge in [0.25, 0.3) is 0 Å². The molecule has 1 saturated heterocycles. The van der Waals surface area contributed by atoms with Gasteiger partial charge < -0.3 is 10.1 Å². The van der Waals surface area contributed by atoms with E-state index in [1.54, 1.807) is 25.3 Å². The number of rotatable bonds is 3. The Bertz CT molecular complexity index is 433. The third-order valence-electron chi connectivity index (χ3n) is 3.30. The summed E-state index contributed by atoms with van der Waals surface area (Å²) in [5.74, 6) is 0.773. The number of nitrogens with one attached hydrogen (secondary N) is 1. The molecular weight excluding hydrogens is 238 g/mol. The van der Waals surface area contributed by atoms with Crippen molar-refractivity contribution in [1.82, 2.24) is 5.32 Å². The molecule has 1 fully saturated rings. The van der Waals surface area contributed by atoms with Crippen molar-refractivity contribution in [3.05, 3.63) is 28.8 Å². The van der Waals surface area contributed by atoms with E-state index in [1.807, 2.05) is 6.92 Å². The molecule has 4 heteroatoms. The molecule has 1 aromatic carbocycles. The fourth-order valence-electron chi connectivity index (χ4n) is 2.24. The normalized spacial score (nSPS) is 23.7. The summed E-state index contributed by atoms with van der Waals surface area (Å²) in [6, 6.07) is 5.43. The van der Waals surface area contributed by atoms with Crippen LogP contribution in [0.5, 0.6) is 5.75 Å². The predicted molar refractivity (Wildman–Crippen MR) is 67.9 cm³/mol. The van der Waals surface area contributed by atoms with Crippen molar-refractivity contribution in [3.8, 4) is 5.75 Å². The Balaban J connectivity index is 2.24. The van der Waals surface area contributed by atoms with E-state index in [0.717, 1.165) is 13.0 Å². The first-order valence-corrected chi connectivity index (χ1v) is 6.12. The molecule has 1 aliphatic rings. The molecule has 0 amide bonds. The summed E-state index contributed by atoms with van der Waals surface area (Å²) in [5, 5.41) is 3.81. The Hall–Kier alpha value is -1.06. The molecule has 3 nitrogen and oxygen atoms in total. The summed E-state index contributed by atoms with van der Waals surface area (Å²) in [5.41, 5.74) is 0.673. The van der Waals surface area contributed by atoms with Gasteiger partial charge in [0.05, 0.1) is 12.1 Å². The molecule has 92 valence electrons. The van der Waals surface area contributed by atoms with E-state index in [9.17, 15) is 4.79 Å². The minimum atomic E-state index is 0.0564. The van der Waals surface area contributed by atoms with Crippen LogP contribution in [0.4, 0.5) is 0 Å². The number of ether oxygens (including phenoxy) is 1. The zero-order valence-electron chi connectivity index (χ0n) is 10.00. The lowest BCUT2D eigenvalue weighted by Gasteiger charge is -2.14. The molecule has 0 spiro atoms. The maximum absolute atomic E-state index is 12.3. The SMILES string of the molecule is COc1cc(C(=O)C2CCNC2C)ccc1Cl. The summed E-state index contributed by atoms with van der Waals surface area (Å²) in [4.78, 5) is 12.3. The fourth-order valence-corrected chi connectivity index (χ4v) is 2.44. The highest BCUT2D eigenvalue weighted by atomic mass is 35.5. The average molecular weight is 254 g/mol. The molecule has 0 aromatic heterocycles. The van der Waals surface area contributed by atoms with E-state index in [4.69, 9.17) is 16.3 Å². The average Bonchev–Trinajstić information content (AvgIpc) is 2.75. The van der Waals surface area contributed by atoms with Gasteiger partial charge in [0.1, 0.15) is 5.75 Å². The first-order valence-electron chi connectivity index (χ1n) is 5.74. The van der Waals surface area contributed by atoms with Crippen LogP contribution in [0.25, 0.3) is 0 Å². The van der Waals surface area contributed by atoms with Gasteiger partial charge in [0, 0.05) is 17.5 Å². The number of hydrogen-bond donors (Lipinski definition) is 1. The molecule has 1 heterocycles. The van der Waals surface area contributed by atoms with E-state index in [-0.39, 0.29) is 17.7 Å². The molecule has 0 aliphatic carbocycles. The second-order valence-electron chi connectivity index (χ2n) is 4.35. The number of Topliss-reactive ketones (excluding diaryl/α,β-unsaturated/α-hetero) is 1. The summed E-state index contributed by atoms with van der Waals surface area (Å²) >= 11 is 5.94. The first kappa shape index (κ1) is 12.4. The van der Waals surface area contributed by atoms with E-state index >= 15 is 0 Å². The highest BCUT2D eigenvalue weighted by Crippen LogP contribution is 2.28. The van der Waals surface area contributed by atoms with E-state index in [1.165, 1.54) is 0 Å². The van der Waals surface area contributed by atoms with Gasteiger partial charge >= 0.3 is 0 Å². The maximum atomic E-state index is 12.3. The molecule has 1 aromatic rings. The number of carbonyl (C=O) groups is 1. The van der Waals surface area contributed by atoms with Gasteiger partial charge in [-0.1, -0.05) is 11.6 Å². The van der Waals surface area contributed by atoms with Gasteiger partial charge in [0.15, 0.2) is 5.78 Å². The zero-order chi connectivity index (χ0) is 12.4. The number of methoxy groups -OCH3 is 1. The maximum Gasteiger partial charge on any atom is 0.167 e. The minimum absolute atomic E-state index is 0.0564. The van der Waals surface area contributed by atoms with E-state index in [2.05, 4.69) is 5.32 Å². The Morgan fingerprint density at radius 2 is 2.29 bits per heavy atom. The molecule has 2 atom stereocenters. The van der Waals surface area contributed by atoms with Gasteiger partial charge in [-0.15, -0.1) is 0 Å². The Kier molecular flexibility index (Phi) is 3.69. The summed E-state index contributed by atoms with van der Waals surface area (Å²) in [6.07, 6.45) is 0.894. The lowest BCUT2D eigenvalue weighted by Crippen LogP contribution is -2.28. The van der Waals surface area contributed by atoms with Crippen LogP contribution in [0.1, 0.15) is 23.7 Å². The summed E-state index contributed by atoms with van der Waals surface area (Å²) in [6.45, 7) is 2.95. The molecule has 17 heavy (non-hydrogen) atoms. The van der Waals surface area contributed by atoms with Crippen LogP contribution in [0.3, 0.4) is 0 Å². The molecule has 2 rings (SSSR count). The highest BCUT2D eigenvalue weighted by Gasteiger charge is 2.30. The Morgan fingerprint density at radius 3 is 2.88 bits per heavy atom. The van der Waals surface area contributed by atoms with Gasteiger partial charge in [-0.2, -0.15) is 0 Å². The first-order chi connectivity index (χ1) is 8.13. The Morgan fingerprint density at radius 1 is 1.53 bits per heavy atom. The number of hydrogen-bond acceptors (Lipinski definition) is 3. The largest absolute Gasteiger partial charge is 0.495 e. The molecule has 0 saturated carbocycles. The van der Waals surface area contributed by atoms with Crippen LogP contribution in [0.15, 0.2) is 18.2 Å². The topological polar surface area (TPSA) is 38.3 Å². The third-order valence-corrected chi connectivity index (χ3v) is 3.61. The number of benzene rings is 1. The minimum Gasteiger partial charge on any atom is -0.495 e. The smallest absolute Gasteiger partial charge is 0.167 e. The lowest BCUT2D eigenvalue weighted by atomic mass is 9.92. The predicted octanol–water partition coefficient (Wildman–Crippen LogP) is 2.53. The van der Waals surface area contributed by atoms with Crippen LogP contribution in [0.2, 0.25) is 5.02 Å². The fraction of sp³-hybridized carbons (Fsp3) is 0.462.